The molecule has 0 bridgehead atoms. The van der Waals surface area contributed by atoms with Crippen molar-refractivity contribution in [3.8, 4) is 23.0 Å². The molecule has 1 aromatic heterocycles. The first-order valence-corrected chi connectivity index (χ1v) is 8.66. The van der Waals surface area contributed by atoms with Crippen molar-refractivity contribution in [2.45, 2.75) is 5.22 Å². The number of Topliss-reactive ketones (excluding diaryl/α,β-unsaturated/α-hetero) is 1. The van der Waals surface area contributed by atoms with Crippen LogP contribution < -0.4 is 9.47 Å². The molecule has 0 unspecified atom stereocenters. The number of halogens is 2. The molecule has 0 fully saturated rings. The van der Waals surface area contributed by atoms with Gasteiger partial charge < -0.3 is 13.9 Å². The Kier molecular flexibility index (Phi) is 5.70. The molecular weight excluding hydrogens is 378 g/mol. The third-order valence-corrected chi connectivity index (χ3v) is 4.39. The molecule has 140 valence electrons. The molecule has 3 rings (SSSR count). The van der Waals surface area contributed by atoms with Crippen LogP contribution in [0.2, 0.25) is 0 Å². The minimum absolute atomic E-state index is 0.0614. The van der Waals surface area contributed by atoms with Crippen molar-refractivity contribution in [3.05, 3.63) is 53.6 Å². The highest BCUT2D eigenvalue weighted by molar-refractivity contribution is 7.99. The number of benzene rings is 2. The molecule has 0 saturated carbocycles. The van der Waals surface area contributed by atoms with E-state index in [4.69, 9.17) is 13.9 Å². The molecule has 0 atom stereocenters. The van der Waals surface area contributed by atoms with Gasteiger partial charge in [0, 0.05) is 17.2 Å². The zero-order chi connectivity index (χ0) is 19.4. The third kappa shape index (κ3) is 4.43. The van der Waals surface area contributed by atoms with Gasteiger partial charge in [-0.15, -0.1) is 10.2 Å². The number of nitrogens with zero attached hydrogens (tertiary/aromatic N) is 2. The van der Waals surface area contributed by atoms with E-state index in [9.17, 15) is 13.6 Å². The zero-order valence-electron chi connectivity index (χ0n) is 14.4. The number of carbonyl (C=O) groups excluding carboxylic acids is 1. The fraction of sp³-hybridized carbons (Fsp3) is 0.167. The van der Waals surface area contributed by atoms with Crippen LogP contribution in [0.15, 0.2) is 46.0 Å². The molecule has 9 heteroatoms. The van der Waals surface area contributed by atoms with E-state index < -0.39 is 11.6 Å². The number of carbonyl (C=O) groups is 1. The predicted molar refractivity (Wildman–Crippen MR) is 94.3 cm³/mol. The Labute approximate surface area is 157 Å². The molecule has 0 aliphatic rings. The molecule has 27 heavy (non-hydrogen) atoms. The van der Waals surface area contributed by atoms with Crippen molar-refractivity contribution in [1.82, 2.24) is 10.2 Å². The van der Waals surface area contributed by atoms with Crippen LogP contribution in [-0.2, 0) is 0 Å². The van der Waals surface area contributed by atoms with Gasteiger partial charge in [0.15, 0.2) is 17.4 Å². The number of hydrogen-bond acceptors (Lipinski definition) is 7. The van der Waals surface area contributed by atoms with E-state index in [2.05, 4.69) is 10.2 Å². The lowest BCUT2D eigenvalue weighted by atomic mass is 10.1. The van der Waals surface area contributed by atoms with E-state index in [0.29, 0.717) is 17.1 Å². The quantitative estimate of drug-likeness (QED) is 0.444. The summed E-state index contributed by atoms with van der Waals surface area (Å²) in [4.78, 5) is 12.1. The third-order valence-electron chi connectivity index (χ3n) is 3.57. The lowest BCUT2D eigenvalue weighted by Crippen LogP contribution is -2.03. The van der Waals surface area contributed by atoms with Crippen molar-refractivity contribution in [3.63, 3.8) is 0 Å². The summed E-state index contributed by atoms with van der Waals surface area (Å²) in [6.07, 6.45) is 0. The Morgan fingerprint density at radius 2 is 1.74 bits per heavy atom. The number of thioether (sulfide) groups is 1. The average molecular weight is 392 g/mol. The zero-order valence-corrected chi connectivity index (χ0v) is 15.2. The summed E-state index contributed by atoms with van der Waals surface area (Å²) in [6, 6.07) is 8.11. The maximum absolute atomic E-state index is 13.2. The van der Waals surface area contributed by atoms with Crippen LogP contribution in [0.4, 0.5) is 8.78 Å². The van der Waals surface area contributed by atoms with Gasteiger partial charge in [0.2, 0.25) is 5.89 Å². The number of ketones is 1. The second-order valence-electron chi connectivity index (χ2n) is 5.32. The van der Waals surface area contributed by atoms with Crippen LogP contribution >= 0.6 is 11.8 Å². The molecular formula is C18H14F2N2O4S. The Hall–Kier alpha value is -2.94. The summed E-state index contributed by atoms with van der Waals surface area (Å²) >= 11 is 1.00. The van der Waals surface area contributed by atoms with Crippen molar-refractivity contribution in [2.75, 3.05) is 20.0 Å². The van der Waals surface area contributed by atoms with Gasteiger partial charge in [0.1, 0.15) is 11.5 Å². The van der Waals surface area contributed by atoms with Crippen LogP contribution in [-0.4, -0.2) is 36.0 Å². The van der Waals surface area contributed by atoms with Gasteiger partial charge in [0.25, 0.3) is 5.22 Å². The largest absolute Gasteiger partial charge is 0.497 e. The second kappa shape index (κ2) is 8.17. The number of hydrogen-bond donors (Lipinski definition) is 0. The van der Waals surface area contributed by atoms with Crippen molar-refractivity contribution in [1.29, 1.82) is 0 Å². The second-order valence-corrected chi connectivity index (χ2v) is 6.24. The summed E-state index contributed by atoms with van der Waals surface area (Å²) in [7, 11) is 3.05. The van der Waals surface area contributed by atoms with Gasteiger partial charge in [0.05, 0.1) is 20.0 Å². The first-order chi connectivity index (χ1) is 13.0. The molecule has 6 nitrogen and oxygen atoms in total. The lowest BCUT2D eigenvalue weighted by molar-refractivity contribution is 0.102. The molecule has 0 aliphatic heterocycles. The maximum atomic E-state index is 13.2. The fourth-order valence-electron chi connectivity index (χ4n) is 2.20. The Morgan fingerprint density at radius 1 is 1.04 bits per heavy atom. The predicted octanol–water partition coefficient (Wildman–Crippen LogP) is 4.01. The van der Waals surface area contributed by atoms with Crippen molar-refractivity contribution < 1.29 is 27.5 Å². The van der Waals surface area contributed by atoms with Gasteiger partial charge in [-0.25, -0.2) is 8.78 Å². The van der Waals surface area contributed by atoms with Crippen LogP contribution in [0, 0.1) is 11.6 Å². The molecule has 3 aromatic rings. The molecule has 2 aromatic carbocycles. The smallest absolute Gasteiger partial charge is 0.277 e. The van der Waals surface area contributed by atoms with E-state index in [1.54, 1.807) is 18.2 Å². The van der Waals surface area contributed by atoms with Gasteiger partial charge in [-0.2, -0.15) is 0 Å². The Morgan fingerprint density at radius 3 is 2.37 bits per heavy atom. The summed E-state index contributed by atoms with van der Waals surface area (Å²) in [6.45, 7) is 0. The normalized spacial score (nSPS) is 10.7. The van der Waals surface area contributed by atoms with Crippen LogP contribution in [0.5, 0.6) is 11.5 Å². The van der Waals surface area contributed by atoms with Gasteiger partial charge in [-0.05, 0) is 30.3 Å². The molecule has 0 amide bonds. The summed E-state index contributed by atoms with van der Waals surface area (Å²) < 4.78 is 42.1. The summed E-state index contributed by atoms with van der Waals surface area (Å²) in [5, 5.41) is 7.99. The average Bonchev–Trinajstić information content (AvgIpc) is 3.16. The monoisotopic (exact) mass is 392 g/mol. The molecule has 0 spiro atoms. The van der Waals surface area contributed by atoms with Gasteiger partial charge >= 0.3 is 0 Å². The highest BCUT2D eigenvalue weighted by atomic mass is 32.2. The van der Waals surface area contributed by atoms with Crippen LogP contribution in [0.1, 0.15) is 10.4 Å². The van der Waals surface area contributed by atoms with Gasteiger partial charge in [-0.1, -0.05) is 11.8 Å². The van der Waals surface area contributed by atoms with E-state index in [-0.39, 0.29) is 28.2 Å². The highest BCUT2D eigenvalue weighted by Crippen LogP contribution is 2.30. The van der Waals surface area contributed by atoms with E-state index >= 15 is 0 Å². The minimum Gasteiger partial charge on any atom is -0.497 e. The maximum Gasteiger partial charge on any atom is 0.277 e. The summed E-state index contributed by atoms with van der Waals surface area (Å²) in [5.74, 6) is -1.17. The Bertz CT molecular complexity index is 955. The van der Waals surface area contributed by atoms with E-state index in [0.717, 1.165) is 23.9 Å². The fourth-order valence-corrected chi connectivity index (χ4v) is 2.85. The first-order valence-electron chi connectivity index (χ1n) is 7.68. The number of methoxy groups -OCH3 is 2. The van der Waals surface area contributed by atoms with E-state index in [1.165, 1.54) is 20.3 Å². The van der Waals surface area contributed by atoms with Crippen LogP contribution in [0.3, 0.4) is 0 Å². The lowest BCUT2D eigenvalue weighted by Gasteiger charge is -2.05. The molecule has 0 saturated heterocycles. The van der Waals surface area contributed by atoms with Gasteiger partial charge in [-0.3, -0.25) is 4.79 Å². The molecule has 0 radical (unpaired) electrons. The minimum atomic E-state index is -1.07. The molecule has 0 N–H and O–H groups in total. The molecule has 0 aliphatic carbocycles. The number of aromatic nitrogens is 2. The standard InChI is InChI=1S/C18H14F2N2O4S/c1-24-12-5-11(6-13(8-12)25-2)17-21-22-18(26-17)27-9-16(23)10-3-4-14(19)15(20)7-10/h3-8H,9H2,1-2H3. The van der Waals surface area contributed by atoms with E-state index in [1.807, 2.05) is 0 Å². The SMILES string of the molecule is COc1cc(OC)cc(-c2nnc(SCC(=O)c3ccc(F)c(F)c3)o2)c1. The Balaban J connectivity index is 1.71. The highest BCUT2D eigenvalue weighted by Gasteiger charge is 2.15. The number of rotatable bonds is 7. The van der Waals surface area contributed by atoms with Crippen molar-refractivity contribution >= 4 is 17.5 Å². The van der Waals surface area contributed by atoms with Crippen LogP contribution in [0.25, 0.3) is 11.5 Å². The summed E-state index contributed by atoms with van der Waals surface area (Å²) in [5.41, 5.74) is 0.663. The topological polar surface area (TPSA) is 74.5 Å². The number of ether oxygens (including phenoxy) is 2. The first kappa shape index (κ1) is 18.8. The van der Waals surface area contributed by atoms with Crippen molar-refractivity contribution in [2.24, 2.45) is 0 Å². The molecule has 1 heterocycles.